The summed E-state index contributed by atoms with van der Waals surface area (Å²) >= 11 is 0. The summed E-state index contributed by atoms with van der Waals surface area (Å²) in [6.45, 7) is 0. The van der Waals surface area contributed by atoms with Crippen LogP contribution in [-0.2, 0) is 0 Å². The van der Waals surface area contributed by atoms with Crippen molar-refractivity contribution in [3.8, 4) is 0 Å². The van der Waals surface area contributed by atoms with E-state index in [1.807, 2.05) is 0 Å². The average molecular weight is 331 g/mol. The molecule has 0 radical (unpaired) electrons. The Morgan fingerprint density at radius 1 is 0.609 bits per heavy atom. The lowest BCUT2D eigenvalue weighted by atomic mass is 10.1. The van der Waals surface area contributed by atoms with E-state index in [0.717, 1.165) is 0 Å². The molecule has 23 heavy (non-hydrogen) atoms. The van der Waals surface area contributed by atoms with Gasteiger partial charge in [-0.15, -0.1) is 0 Å². The minimum absolute atomic E-state index is 0.0296. The zero-order valence-electron chi connectivity index (χ0n) is 10.8. The maximum absolute atomic E-state index is 13.7. The highest BCUT2D eigenvalue weighted by Crippen LogP contribution is 2.34. The van der Waals surface area contributed by atoms with Crippen LogP contribution in [0.5, 0.6) is 0 Å². The van der Waals surface area contributed by atoms with Crippen LogP contribution in [0.25, 0.3) is 0 Å². The molecular formula is C14H3F6NO2. The normalized spacial score (nSPS) is 13.7. The van der Waals surface area contributed by atoms with Gasteiger partial charge in [0.25, 0.3) is 11.8 Å². The molecular weight excluding hydrogens is 328 g/mol. The number of hydrogen-bond acceptors (Lipinski definition) is 2. The predicted molar refractivity (Wildman–Crippen MR) is 63.8 cm³/mol. The molecule has 1 aliphatic heterocycles. The number of benzene rings is 2. The minimum Gasteiger partial charge on any atom is -0.268 e. The van der Waals surface area contributed by atoms with Gasteiger partial charge in [-0.1, -0.05) is 0 Å². The third-order valence-corrected chi connectivity index (χ3v) is 3.21. The highest BCUT2D eigenvalue weighted by atomic mass is 19.2. The van der Waals surface area contributed by atoms with Crippen molar-refractivity contribution in [2.45, 2.75) is 0 Å². The number of anilines is 1. The van der Waals surface area contributed by atoms with Gasteiger partial charge in [-0.3, -0.25) is 9.59 Å². The third-order valence-electron chi connectivity index (χ3n) is 3.21. The van der Waals surface area contributed by atoms with Crippen molar-refractivity contribution >= 4 is 17.5 Å². The van der Waals surface area contributed by atoms with Crippen LogP contribution in [0.3, 0.4) is 0 Å². The van der Waals surface area contributed by atoms with Gasteiger partial charge in [-0.2, -0.15) is 0 Å². The van der Waals surface area contributed by atoms with E-state index in [0.29, 0.717) is 18.2 Å². The quantitative estimate of drug-likeness (QED) is 0.348. The molecule has 118 valence electrons. The zero-order chi connectivity index (χ0) is 17.0. The number of carbonyl (C=O) groups excluding carboxylic acids is 2. The van der Waals surface area contributed by atoms with Crippen molar-refractivity contribution in [3.05, 3.63) is 64.2 Å². The lowest BCUT2D eigenvalue weighted by Gasteiger charge is -2.13. The van der Waals surface area contributed by atoms with Crippen LogP contribution < -0.4 is 4.90 Å². The first-order valence-electron chi connectivity index (χ1n) is 5.95. The molecule has 2 amide bonds. The minimum atomic E-state index is -2.27. The molecule has 0 aromatic heterocycles. The molecule has 0 spiro atoms. The maximum atomic E-state index is 13.7. The molecule has 0 fully saturated rings. The van der Waals surface area contributed by atoms with Crippen molar-refractivity contribution in [3.63, 3.8) is 0 Å². The number of hydrogen-bond donors (Lipinski definition) is 0. The van der Waals surface area contributed by atoms with Gasteiger partial charge in [0.2, 0.25) is 0 Å². The number of fused-ring (bicyclic) bond motifs is 1. The molecule has 0 bridgehead atoms. The summed E-state index contributed by atoms with van der Waals surface area (Å²) in [6, 6.07) is 1.53. The maximum Gasteiger partial charge on any atom is 0.269 e. The van der Waals surface area contributed by atoms with E-state index in [1.54, 1.807) is 0 Å². The van der Waals surface area contributed by atoms with Crippen molar-refractivity contribution in [2.75, 3.05) is 4.90 Å². The van der Waals surface area contributed by atoms with Crippen molar-refractivity contribution < 1.29 is 35.9 Å². The highest BCUT2D eigenvalue weighted by molar-refractivity contribution is 6.34. The molecule has 0 aliphatic carbocycles. The Morgan fingerprint density at radius 2 is 1.00 bits per heavy atom. The molecule has 0 atom stereocenters. The van der Waals surface area contributed by atoms with Gasteiger partial charge in [0.05, 0.1) is 16.8 Å². The van der Waals surface area contributed by atoms with Crippen LogP contribution in [0.15, 0.2) is 18.2 Å². The molecule has 3 rings (SSSR count). The second-order valence-corrected chi connectivity index (χ2v) is 4.58. The van der Waals surface area contributed by atoms with Gasteiger partial charge in [-0.05, 0) is 12.1 Å². The van der Waals surface area contributed by atoms with Gasteiger partial charge in [0, 0.05) is 6.07 Å². The second-order valence-electron chi connectivity index (χ2n) is 4.58. The Morgan fingerprint density at radius 3 is 1.39 bits per heavy atom. The lowest BCUT2D eigenvalue weighted by Crippen LogP contribution is -2.29. The van der Waals surface area contributed by atoms with E-state index in [1.165, 1.54) is 0 Å². The highest BCUT2D eigenvalue weighted by Gasteiger charge is 2.44. The standard InChI is InChI=1S/C14H3F6NO2/c15-4-1-5(16)3-6(2-4)21-13(22)7-8(14(21)23)10(18)12(20)11(19)9(7)17/h1-3H. The Balaban J connectivity index is 2.26. The van der Waals surface area contributed by atoms with Crippen molar-refractivity contribution in [1.29, 1.82) is 0 Å². The summed E-state index contributed by atoms with van der Waals surface area (Å²) in [5, 5.41) is 0. The fraction of sp³-hybridized carbons (Fsp3) is 0. The number of nitrogens with zero attached hydrogens (tertiary/aromatic N) is 1. The number of imide groups is 1. The monoisotopic (exact) mass is 331 g/mol. The van der Waals surface area contributed by atoms with Gasteiger partial charge in [-0.25, -0.2) is 31.2 Å². The Kier molecular flexibility index (Phi) is 3.17. The summed E-state index contributed by atoms with van der Waals surface area (Å²) in [7, 11) is 0. The number of rotatable bonds is 1. The van der Waals surface area contributed by atoms with Crippen LogP contribution in [0.4, 0.5) is 32.0 Å². The summed E-state index contributed by atoms with van der Waals surface area (Å²) in [5.41, 5.74) is -3.35. The third kappa shape index (κ3) is 2.00. The van der Waals surface area contributed by atoms with Crippen molar-refractivity contribution in [2.24, 2.45) is 0 Å². The lowest BCUT2D eigenvalue weighted by molar-refractivity contribution is 0.0924. The second kappa shape index (κ2) is 4.83. The SMILES string of the molecule is O=C1c2c(F)c(F)c(F)c(F)c2C(=O)N1c1cc(F)cc(F)c1. The Bertz CT molecular complexity index is 828. The fourth-order valence-electron chi connectivity index (χ4n) is 2.25. The first kappa shape index (κ1) is 15.1. The topological polar surface area (TPSA) is 37.4 Å². The van der Waals surface area contributed by atoms with Gasteiger partial charge in [0.15, 0.2) is 23.3 Å². The number of carbonyl (C=O) groups is 2. The van der Waals surface area contributed by atoms with E-state index in [9.17, 15) is 35.9 Å². The molecule has 1 heterocycles. The number of amides is 2. The molecule has 3 nitrogen and oxygen atoms in total. The van der Waals surface area contributed by atoms with Crippen LogP contribution in [-0.4, -0.2) is 11.8 Å². The van der Waals surface area contributed by atoms with E-state index < -0.39 is 63.5 Å². The molecule has 2 aromatic rings. The van der Waals surface area contributed by atoms with Crippen molar-refractivity contribution in [1.82, 2.24) is 0 Å². The fourth-order valence-corrected chi connectivity index (χ4v) is 2.25. The number of halogens is 6. The predicted octanol–water partition coefficient (Wildman–Crippen LogP) is 3.32. The molecule has 1 aliphatic rings. The summed E-state index contributed by atoms with van der Waals surface area (Å²) in [6.07, 6.45) is 0. The zero-order valence-corrected chi connectivity index (χ0v) is 10.8. The Labute approximate surface area is 123 Å². The average Bonchev–Trinajstić information content (AvgIpc) is 2.73. The largest absolute Gasteiger partial charge is 0.269 e. The van der Waals surface area contributed by atoms with Crippen LogP contribution in [0.1, 0.15) is 20.7 Å². The molecule has 9 heteroatoms. The van der Waals surface area contributed by atoms with Crippen LogP contribution in [0.2, 0.25) is 0 Å². The molecule has 0 N–H and O–H groups in total. The van der Waals surface area contributed by atoms with Gasteiger partial charge in [0.1, 0.15) is 11.6 Å². The first-order valence-corrected chi connectivity index (χ1v) is 5.95. The first-order chi connectivity index (χ1) is 10.7. The summed E-state index contributed by atoms with van der Waals surface area (Å²) in [4.78, 5) is 24.1. The van der Waals surface area contributed by atoms with E-state index >= 15 is 0 Å². The van der Waals surface area contributed by atoms with Gasteiger partial charge >= 0.3 is 0 Å². The molecule has 0 saturated heterocycles. The molecule has 2 aromatic carbocycles. The van der Waals surface area contributed by atoms with E-state index in [4.69, 9.17) is 0 Å². The summed E-state index contributed by atoms with van der Waals surface area (Å²) in [5.74, 6) is -14.1. The molecule has 0 unspecified atom stereocenters. The van der Waals surface area contributed by atoms with Crippen LogP contribution >= 0.6 is 0 Å². The van der Waals surface area contributed by atoms with E-state index in [-0.39, 0.29) is 4.90 Å². The Hall–Kier alpha value is -2.84. The van der Waals surface area contributed by atoms with E-state index in [2.05, 4.69) is 0 Å². The summed E-state index contributed by atoms with van der Waals surface area (Å²) < 4.78 is 80.2. The van der Waals surface area contributed by atoms with Crippen LogP contribution in [0, 0.1) is 34.9 Å². The van der Waals surface area contributed by atoms with Gasteiger partial charge < -0.3 is 0 Å². The smallest absolute Gasteiger partial charge is 0.268 e. The molecule has 0 saturated carbocycles.